The van der Waals surface area contributed by atoms with Gasteiger partial charge in [-0.15, -0.1) is 6.58 Å². The predicted octanol–water partition coefficient (Wildman–Crippen LogP) is 1.88. The smallest absolute Gasteiger partial charge is 0.161 e. The van der Waals surface area contributed by atoms with E-state index in [9.17, 15) is 0 Å². The van der Waals surface area contributed by atoms with Gasteiger partial charge in [0.15, 0.2) is 11.5 Å². The topological polar surface area (TPSA) is 32.1 Å². The van der Waals surface area contributed by atoms with Crippen LogP contribution in [0.5, 0.6) is 11.5 Å². The molecule has 0 aromatic heterocycles. The van der Waals surface area contributed by atoms with Crippen LogP contribution in [0.4, 0.5) is 0 Å². The molecule has 1 heterocycles. The fourth-order valence-electron chi connectivity index (χ4n) is 3.22. The predicted molar refractivity (Wildman–Crippen MR) is 92.6 cm³/mol. The molecule has 0 bridgehead atoms. The number of morpholine rings is 1. The van der Waals surface area contributed by atoms with Crippen LogP contribution in [-0.2, 0) is 11.2 Å². The Balaban J connectivity index is 1.78. The normalized spacial score (nSPS) is 24.2. The number of allylic oxidation sites excluding steroid dienone is 1. The van der Waals surface area contributed by atoms with Gasteiger partial charge in [-0.2, -0.15) is 0 Å². The van der Waals surface area contributed by atoms with Crippen LogP contribution in [0, 0.1) is 0 Å². The zero-order valence-corrected chi connectivity index (χ0v) is 14.6. The molecule has 0 amide bonds. The van der Waals surface area contributed by atoms with Crippen molar-refractivity contribution in [3.05, 3.63) is 36.4 Å². The molecule has 0 saturated carbocycles. The zero-order chi connectivity index (χ0) is 16.7. The molecule has 0 spiro atoms. The fourth-order valence-corrected chi connectivity index (χ4v) is 3.22. The first kappa shape index (κ1) is 17.8. The van der Waals surface area contributed by atoms with Crippen molar-refractivity contribution in [2.24, 2.45) is 0 Å². The quantitative estimate of drug-likeness (QED) is 0.586. The van der Waals surface area contributed by atoms with Gasteiger partial charge < -0.3 is 19.1 Å². The second-order valence-electron chi connectivity index (χ2n) is 6.35. The third kappa shape index (κ3) is 5.56. The van der Waals surface area contributed by atoms with Gasteiger partial charge in [-0.05, 0) is 38.0 Å². The fraction of sp³-hybridized carbons (Fsp3) is 0.579. The van der Waals surface area contributed by atoms with Crippen LogP contribution in [0.1, 0.15) is 25.8 Å². The lowest BCUT2D eigenvalue weighted by atomic mass is 10.1. The summed E-state index contributed by atoms with van der Waals surface area (Å²) in [5.41, 5.74) is 1.19. The molecule has 1 fully saturated rings. The molecular weight excluding hydrogens is 290 g/mol. The van der Waals surface area contributed by atoms with Gasteiger partial charge in [0.2, 0.25) is 0 Å². The molecule has 2 rings (SSSR count). The number of rotatable bonds is 8. The summed E-state index contributed by atoms with van der Waals surface area (Å²) in [5, 5.41) is 0. The second kappa shape index (κ2) is 8.94. The summed E-state index contributed by atoms with van der Waals surface area (Å²) < 4.78 is 17.1. The van der Waals surface area contributed by atoms with Crippen molar-refractivity contribution in [3.8, 4) is 11.5 Å². The lowest BCUT2D eigenvalue weighted by Crippen LogP contribution is -3.15. The largest absolute Gasteiger partial charge is 0.493 e. The average Bonchev–Trinajstić information content (AvgIpc) is 2.52. The summed E-state index contributed by atoms with van der Waals surface area (Å²) in [5.74, 6) is 1.62. The third-order valence-corrected chi connectivity index (χ3v) is 4.16. The molecule has 23 heavy (non-hydrogen) atoms. The SMILES string of the molecule is C=CCc1ccc(OCCC[NH+]2C[C@@H](C)O[C@@H](C)C2)c(OC)c1. The monoisotopic (exact) mass is 320 g/mol. The van der Waals surface area contributed by atoms with Crippen LogP contribution in [-0.4, -0.2) is 45.6 Å². The molecule has 1 aliphatic rings. The molecule has 128 valence electrons. The molecule has 1 unspecified atom stereocenters. The lowest BCUT2D eigenvalue weighted by molar-refractivity contribution is -0.915. The third-order valence-electron chi connectivity index (χ3n) is 4.16. The first-order chi connectivity index (χ1) is 11.1. The Morgan fingerprint density at radius 2 is 2.00 bits per heavy atom. The van der Waals surface area contributed by atoms with Crippen LogP contribution in [0.3, 0.4) is 0 Å². The summed E-state index contributed by atoms with van der Waals surface area (Å²) in [6.45, 7) is 12.1. The summed E-state index contributed by atoms with van der Waals surface area (Å²) in [7, 11) is 1.68. The van der Waals surface area contributed by atoms with Gasteiger partial charge >= 0.3 is 0 Å². The Morgan fingerprint density at radius 1 is 1.26 bits per heavy atom. The van der Waals surface area contributed by atoms with Crippen LogP contribution in [0.15, 0.2) is 30.9 Å². The maximum atomic E-state index is 5.91. The molecule has 1 N–H and O–H groups in total. The number of ether oxygens (including phenoxy) is 3. The molecule has 1 aromatic carbocycles. The Labute approximate surface area is 140 Å². The first-order valence-electron chi connectivity index (χ1n) is 8.52. The van der Waals surface area contributed by atoms with E-state index in [1.165, 1.54) is 5.56 Å². The number of hydrogen-bond donors (Lipinski definition) is 1. The van der Waals surface area contributed by atoms with E-state index < -0.39 is 0 Å². The molecule has 0 aliphatic carbocycles. The van der Waals surface area contributed by atoms with E-state index in [1.54, 1.807) is 12.0 Å². The Morgan fingerprint density at radius 3 is 2.65 bits per heavy atom. The van der Waals surface area contributed by atoms with Crippen molar-refractivity contribution in [2.45, 2.75) is 38.9 Å². The minimum Gasteiger partial charge on any atom is -0.493 e. The first-order valence-corrected chi connectivity index (χ1v) is 8.52. The molecule has 4 nitrogen and oxygen atoms in total. The highest BCUT2D eigenvalue weighted by Crippen LogP contribution is 2.28. The maximum absolute atomic E-state index is 5.91. The van der Waals surface area contributed by atoms with Crippen LogP contribution in [0.2, 0.25) is 0 Å². The van der Waals surface area contributed by atoms with E-state index in [1.807, 2.05) is 18.2 Å². The Hall–Kier alpha value is -1.52. The summed E-state index contributed by atoms with van der Waals surface area (Å²) >= 11 is 0. The van der Waals surface area contributed by atoms with Gasteiger partial charge in [-0.25, -0.2) is 0 Å². The minimum atomic E-state index is 0.354. The van der Waals surface area contributed by atoms with Crippen LogP contribution >= 0.6 is 0 Å². The molecule has 4 heteroatoms. The van der Waals surface area contributed by atoms with Crippen molar-refractivity contribution < 1.29 is 19.1 Å². The van der Waals surface area contributed by atoms with E-state index in [0.29, 0.717) is 18.8 Å². The number of nitrogens with one attached hydrogen (secondary N) is 1. The second-order valence-corrected chi connectivity index (χ2v) is 6.35. The van der Waals surface area contributed by atoms with Crippen molar-refractivity contribution >= 4 is 0 Å². The van der Waals surface area contributed by atoms with Crippen LogP contribution in [0.25, 0.3) is 0 Å². The Kier molecular flexibility index (Phi) is 6.93. The summed E-state index contributed by atoms with van der Waals surface area (Å²) in [6.07, 6.45) is 4.47. The number of benzene rings is 1. The highest BCUT2D eigenvalue weighted by Gasteiger charge is 2.24. The molecule has 0 radical (unpaired) electrons. The highest BCUT2D eigenvalue weighted by atomic mass is 16.5. The van der Waals surface area contributed by atoms with E-state index in [0.717, 1.165) is 44.0 Å². The zero-order valence-electron chi connectivity index (χ0n) is 14.6. The standard InChI is InChI=1S/C19H29NO3/c1-5-7-17-8-9-18(19(12-17)21-4)22-11-6-10-20-13-15(2)23-16(3)14-20/h5,8-9,12,15-16H,1,6-7,10-11,13-14H2,2-4H3/p+1/t15-,16+. The number of methoxy groups -OCH3 is 1. The van der Waals surface area contributed by atoms with Crippen molar-refractivity contribution in [1.29, 1.82) is 0 Å². The molecule has 3 atom stereocenters. The summed E-state index contributed by atoms with van der Waals surface area (Å²) in [6, 6.07) is 6.08. The Bertz CT molecular complexity index is 493. The van der Waals surface area contributed by atoms with Gasteiger partial charge in [0, 0.05) is 6.42 Å². The van der Waals surface area contributed by atoms with Gasteiger partial charge in [0.1, 0.15) is 25.3 Å². The summed E-state index contributed by atoms with van der Waals surface area (Å²) in [4.78, 5) is 1.60. The minimum absolute atomic E-state index is 0.354. The van der Waals surface area contributed by atoms with Crippen LogP contribution < -0.4 is 14.4 Å². The lowest BCUT2D eigenvalue weighted by Gasteiger charge is -2.32. The van der Waals surface area contributed by atoms with E-state index >= 15 is 0 Å². The number of quaternary nitrogens is 1. The number of hydrogen-bond acceptors (Lipinski definition) is 3. The molecular formula is C19H30NO3+. The van der Waals surface area contributed by atoms with Crippen molar-refractivity contribution in [3.63, 3.8) is 0 Å². The van der Waals surface area contributed by atoms with E-state index in [4.69, 9.17) is 14.2 Å². The van der Waals surface area contributed by atoms with E-state index in [2.05, 4.69) is 26.5 Å². The molecule has 1 aromatic rings. The molecule has 1 aliphatic heterocycles. The van der Waals surface area contributed by atoms with Gasteiger partial charge in [-0.1, -0.05) is 12.1 Å². The van der Waals surface area contributed by atoms with Crippen molar-refractivity contribution in [2.75, 3.05) is 33.4 Å². The maximum Gasteiger partial charge on any atom is 0.161 e. The van der Waals surface area contributed by atoms with E-state index in [-0.39, 0.29) is 0 Å². The highest BCUT2D eigenvalue weighted by molar-refractivity contribution is 5.43. The average molecular weight is 320 g/mol. The van der Waals surface area contributed by atoms with Gasteiger partial charge in [-0.3, -0.25) is 0 Å². The van der Waals surface area contributed by atoms with Gasteiger partial charge in [0.05, 0.1) is 20.3 Å². The van der Waals surface area contributed by atoms with Crippen molar-refractivity contribution in [1.82, 2.24) is 0 Å². The van der Waals surface area contributed by atoms with Gasteiger partial charge in [0.25, 0.3) is 0 Å². The molecule has 1 saturated heterocycles.